The van der Waals surface area contributed by atoms with Crippen molar-refractivity contribution < 1.29 is 0 Å². The Morgan fingerprint density at radius 2 is 2.10 bits per heavy atom. The first-order valence-electron chi connectivity index (χ1n) is 7.86. The topological polar surface area (TPSA) is 18.5 Å². The third kappa shape index (κ3) is 3.61. The van der Waals surface area contributed by atoms with E-state index in [0.29, 0.717) is 0 Å². The Labute approximate surface area is 127 Å². The fraction of sp³-hybridized carbons (Fsp3) is 0.750. The van der Waals surface area contributed by atoms with E-state index in [9.17, 15) is 0 Å². The summed E-state index contributed by atoms with van der Waals surface area (Å²) in [7, 11) is 0. The van der Waals surface area contributed by atoms with Crippen molar-refractivity contribution in [2.24, 2.45) is 0 Å². The van der Waals surface area contributed by atoms with Crippen molar-refractivity contribution in [1.82, 2.24) is 15.1 Å². The third-order valence-electron chi connectivity index (χ3n) is 4.59. The summed E-state index contributed by atoms with van der Waals surface area (Å²) in [5.74, 6) is 0. The molecule has 112 valence electrons. The van der Waals surface area contributed by atoms with Crippen LogP contribution in [0.1, 0.15) is 32.3 Å². The second-order valence-corrected chi connectivity index (χ2v) is 7.60. The monoisotopic (exact) mass is 293 g/mol. The van der Waals surface area contributed by atoms with E-state index in [1.54, 1.807) is 0 Å². The third-order valence-corrected chi connectivity index (χ3v) is 5.32. The Morgan fingerprint density at radius 1 is 1.35 bits per heavy atom. The zero-order valence-corrected chi connectivity index (χ0v) is 13.6. The summed E-state index contributed by atoms with van der Waals surface area (Å²) in [6.07, 6.45) is 2.78. The lowest BCUT2D eigenvalue weighted by Crippen LogP contribution is -2.57. The van der Waals surface area contributed by atoms with Crippen LogP contribution in [0, 0.1) is 0 Å². The van der Waals surface area contributed by atoms with Gasteiger partial charge in [0.05, 0.1) is 0 Å². The van der Waals surface area contributed by atoms with E-state index in [1.165, 1.54) is 38.0 Å². The molecular formula is C16H27N3S. The highest BCUT2D eigenvalue weighted by molar-refractivity contribution is 7.07. The minimum absolute atomic E-state index is 0.278. The second kappa shape index (κ2) is 6.14. The minimum Gasteiger partial charge on any atom is -0.314 e. The van der Waals surface area contributed by atoms with Crippen molar-refractivity contribution in [2.75, 3.05) is 32.7 Å². The van der Waals surface area contributed by atoms with Gasteiger partial charge < -0.3 is 5.32 Å². The second-order valence-electron chi connectivity index (χ2n) is 6.82. The van der Waals surface area contributed by atoms with E-state index in [2.05, 4.69) is 45.8 Å². The zero-order valence-electron chi connectivity index (χ0n) is 12.8. The number of nitrogens with one attached hydrogen (secondary N) is 1. The number of hydrogen-bond donors (Lipinski definition) is 1. The van der Waals surface area contributed by atoms with Gasteiger partial charge in [0.1, 0.15) is 0 Å². The highest BCUT2D eigenvalue weighted by Crippen LogP contribution is 2.31. The van der Waals surface area contributed by atoms with E-state index < -0.39 is 0 Å². The fourth-order valence-corrected chi connectivity index (χ4v) is 3.90. The lowest BCUT2D eigenvalue weighted by atomic mass is 10.0. The molecule has 0 amide bonds. The SMILES string of the molecule is CC(C)(CN(Cc1ccsc1)C1CC1)N1CCNCC1. The van der Waals surface area contributed by atoms with Gasteiger partial charge in [0.25, 0.3) is 0 Å². The summed E-state index contributed by atoms with van der Waals surface area (Å²) in [6, 6.07) is 3.11. The molecule has 1 saturated heterocycles. The standard InChI is InChI=1S/C16H27N3S/c1-16(2,19-8-6-17-7-9-19)13-18(15-3-4-15)11-14-5-10-20-12-14/h5,10,12,15,17H,3-4,6-9,11,13H2,1-2H3. The minimum atomic E-state index is 0.278. The van der Waals surface area contributed by atoms with Crippen molar-refractivity contribution in [2.45, 2.75) is 44.8 Å². The number of thiophene rings is 1. The first kappa shape index (κ1) is 14.5. The first-order chi connectivity index (χ1) is 9.65. The van der Waals surface area contributed by atoms with E-state index in [4.69, 9.17) is 0 Å². The van der Waals surface area contributed by atoms with Crippen LogP contribution >= 0.6 is 11.3 Å². The molecule has 3 rings (SSSR count). The van der Waals surface area contributed by atoms with Crippen LogP contribution in [-0.4, -0.2) is 54.1 Å². The molecule has 2 aliphatic rings. The van der Waals surface area contributed by atoms with Gasteiger partial charge in [0.15, 0.2) is 0 Å². The molecule has 20 heavy (non-hydrogen) atoms. The van der Waals surface area contributed by atoms with Crippen molar-refractivity contribution in [3.8, 4) is 0 Å². The van der Waals surface area contributed by atoms with E-state index >= 15 is 0 Å². The molecule has 0 bridgehead atoms. The summed E-state index contributed by atoms with van der Waals surface area (Å²) in [5, 5.41) is 7.95. The summed E-state index contributed by atoms with van der Waals surface area (Å²) >= 11 is 1.81. The van der Waals surface area contributed by atoms with Crippen molar-refractivity contribution >= 4 is 11.3 Å². The Hall–Kier alpha value is -0.420. The molecule has 1 saturated carbocycles. The molecule has 4 heteroatoms. The van der Waals surface area contributed by atoms with Gasteiger partial charge in [0, 0.05) is 50.8 Å². The molecular weight excluding hydrogens is 266 g/mol. The molecule has 1 aliphatic carbocycles. The maximum Gasteiger partial charge on any atom is 0.0281 e. The Morgan fingerprint density at radius 3 is 2.70 bits per heavy atom. The number of piperazine rings is 1. The van der Waals surface area contributed by atoms with Gasteiger partial charge in [-0.2, -0.15) is 11.3 Å². The van der Waals surface area contributed by atoms with Crippen LogP contribution in [-0.2, 0) is 6.54 Å². The maximum absolute atomic E-state index is 3.46. The van der Waals surface area contributed by atoms with Crippen LogP contribution in [0.4, 0.5) is 0 Å². The molecule has 1 N–H and O–H groups in total. The normalized spacial score (nSPS) is 21.6. The molecule has 3 nitrogen and oxygen atoms in total. The quantitative estimate of drug-likeness (QED) is 0.869. The average Bonchev–Trinajstić information content (AvgIpc) is 3.18. The van der Waals surface area contributed by atoms with Gasteiger partial charge in [0.2, 0.25) is 0 Å². The summed E-state index contributed by atoms with van der Waals surface area (Å²) < 4.78 is 0. The Balaban J connectivity index is 1.62. The molecule has 1 aromatic rings. The number of rotatable bonds is 6. The summed E-state index contributed by atoms with van der Waals surface area (Å²) in [4.78, 5) is 5.37. The molecule has 0 radical (unpaired) electrons. The van der Waals surface area contributed by atoms with Gasteiger partial charge in [-0.1, -0.05) is 0 Å². The van der Waals surface area contributed by atoms with E-state index in [1.807, 2.05) is 11.3 Å². The van der Waals surface area contributed by atoms with E-state index in [-0.39, 0.29) is 5.54 Å². The largest absolute Gasteiger partial charge is 0.314 e. The maximum atomic E-state index is 3.46. The predicted molar refractivity (Wildman–Crippen MR) is 86.3 cm³/mol. The number of nitrogens with zero attached hydrogens (tertiary/aromatic N) is 2. The molecule has 1 aliphatic heterocycles. The van der Waals surface area contributed by atoms with Crippen LogP contribution < -0.4 is 5.32 Å². The number of hydrogen-bond acceptors (Lipinski definition) is 4. The van der Waals surface area contributed by atoms with Crippen LogP contribution in [0.3, 0.4) is 0 Å². The van der Waals surface area contributed by atoms with Crippen LogP contribution in [0.5, 0.6) is 0 Å². The summed E-state index contributed by atoms with van der Waals surface area (Å²) in [5.41, 5.74) is 1.76. The van der Waals surface area contributed by atoms with Gasteiger partial charge in [-0.15, -0.1) is 0 Å². The van der Waals surface area contributed by atoms with Crippen molar-refractivity contribution in [3.05, 3.63) is 22.4 Å². The summed E-state index contributed by atoms with van der Waals surface area (Å²) in [6.45, 7) is 11.8. The van der Waals surface area contributed by atoms with Gasteiger partial charge in [-0.3, -0.25) is 9.80 Å². The predicted octanol–water partition coefficient (Wildman–Crippen LogP) is 2.40. The highest BCUT2D eigenvalue weighted by Gasteiger charge is 2.36. The Bertz CT molecular complexity index is 405. The van der Waals surface area contributed by atoms with Crippen LogP contribution in [0.15, 0.2) is 16.8 Å². The van der Waals surface area contributed by atoms with Gasteiger partial charge in [-0.05, 0) is 49.1 Å². The molecule has 2 fully saturated rings. The highest BCUT2D eigenvalue weighted by atomic mass is 32.1. The first-order valence-corrected chi connectivity index (χ1v) is 8.80. The van der Waals surface area contributed by atoms with Crippen LogP contribution in [0.2, 0.25) is 0 Å². The van der Waals surface area contributed by atoms with Crippen molar-refractivity contribution in [3.63, 3.8) is 0 Å². The molecule has 0 aromatic carbocycles. The molecule has 0 atom stereocenters. The smallest absolute Gasteiger partial charge is 0.0281 e. The Kier molecular flexibility index (Phi) is 4.46. The van der Waals surface area contributed by atoms with Gasteiger partial charge >= 0.3 is 0 Å². The fourth-order valence-electron chi connectivity index (χ4n) is 3.24. The average molecular weight is 293 g/mol. The van der Waals surface area contributed by atoms with Crippen molar-refractivity contribution in [1.29, 1.82) is 0 Å². The molecule has 0 spiro atoms. The van der Waals surface area contributed by atoms with Gasteiger partial charge in [-0.25, -0.2) is 0 Å². The lowest BCUT2D eigenvalue weighted by Gasteiger charge is -2.44. The molecule has 1 aromatic heterocycles. The lowest BCUT2D eigenvalue weighted by molar-refractivity contribution is 0.0574. The van der Waals surface area contributed by atoms with E-state index in [0.717, 1.165) is 25.7 Å². The molecule has 2 heterocycles. The molecule has 0 unspecified atom stereocenters. The zero-order chi connectivity index (χ0) is 14.0. The van der Waals surface area contributed by atoms with Crippen LogP contribution in [0.25, 0.3) is 0 Å².